The van der Waals surface area contributed by atoms with Crippen molar-refractivity contribution in [2.75, 3.05) is 13.1 Å². The SMILES string of the molecule is CC(C)(C)OC(=O)N1CCC(NC(=O)c2ccc3c(Cl)cnc(-c4ccc(F)cc4F)c3c2)CC1. The number of pyridine rings is 1. The fraction of sp³-hybridized carbons (Fsp3) is 0.346. The number of piperidine rings is 1. The molecule has 0 unspecified atom stereocenters. The van der Waals surface area contributed by atoms with Crippen LogP contribution in [0.4, 0.5) is 13.6 Å². The molecule has 1 N–H and O–H groups in total. The van der Waals surface area contributed by atoms with Crippen LogP contribution in [0.5, 0.6) is 0 Å². The molecule has 2 aromatic carbocycles. The van der Waals surface area contributed by atoms with Crippen LogP contribution in [0.2, 0.25) is 5.02 Å². The Labute approximate surface area is 207 Å². The number of hydrogen-bond acceptors (Lipinski definition) is 4. The van der Waals surface area contributed by atoms with Gasteiger partial charge in [-0.25, -0.2) is 13.6 Å². The third-order valence-corrected chi connectivity index (χ3v) is 6.07. The Morgan fingerprint density at radius 2 is 1.80 bits per heavy atom. The first kappa shape index (κ1) is 24.9. The molecular weight excluding hydrogens is 476 g/mol. The van der Waals surface area contributed by atoms with E-state index in [2.05, 4.69) is 10.3 Å². The number of benzene rings is 2. The Morgan fingerprint density at radius 3 is 2.46 bits per heavy atom. The largest absolute Gasteiger partial charge is 0.444 e. The molecule has 1 aliphatic rings. The number of rotatable bonds is 3. The molecule has 4 rings (SSSR count). The van der Waals surface area contributed by atoms with E-state index < -0.39 is 17.2 Å². The monoisotopic (exact) mass is 501 g/mol. The average molecular weight is 502 g/mol. The standard InChI is InChI=1S/C26H26ClF2N3O3/c1-26(2,3)35-25(34)32-10-8-17(9-11-32)31-24(33)15-4-6-18-20(12-15)23(30-14-21(18)27)19-7-5-16(28)13-22(19)29/h4-7,12-14,17H,8-11H2,1-3H3,(H,31,33). The third-order valence-electron chi connectivity index (χ3n) is 5.77. The van der Waals surface area contributed by atoms with Gasteiger partial charge in [0.15, 0.2) is 0 Å². The summed E-state index contributed by atoms with van der Waals surface area (Å²) in [6, 6.07) is 8.08. The molecule has 0 spiro atoms. The highest BCUT2D eigenvalue weighted by molar-refractivity contribution is 6.35. The molecule has 1 fully saturated rings. The smallest absolute Gasteiger partial charge is 0.410 e. The van der Waals surface area contributed by atoms with E-state index in [1.54, 1.807) is 23.1 Å². The van der Waals surface area contributed by atoms with Gasteiger partial charge in [-0.2, -0.15) is 0 Å². The van der Waals surface area contributed by atoms with Gasteiger partial charge in [-0.15, -0.1) is 0 Å². The molecule has 184 valence electrons. The topological polar surface area (TPSA) is 71.5 Å². The molecule has 0 atom stereocenters. The summed E-state index contributed by atoms with van der Waals surface area (Å²) in [6.45, 7) is 6.41. The summed E-state index contributed by atoms with van der Waals surface area (Å²) in [4.78, 5) is 31.2. The van der Waals surface area contributed by atoms with E-state index in [-0.39, 0.29) is 29.3 Å². The van der Waals surface area contributed by atoms with Gasteiger partial charge >= 0.3 is 6.09 Å². The lowest BCUT2D eigenvalue weighted by Gasteiger charge is -2.33. The normalized spacial score (nSPS) is 14.7. The molecule has 3 aromatic rings. The van der Waals surface area contributed by atoms with Crippen molar-refractivity contribution in [2.24, 2.45) is 0 Å². The van der Waals surface area contributed by atoms with Gasteiger partial charge in [0.1, 0.15) is 17.2 Å². The lowest BCUT2D eigenvalue weighted by molar-refractivity contribution is 0.0199. The lowest BCUT2D eigenvalue weighted by atomic mass is 10.00. The highest BCUT2D eigenvalue weighted by atomic mass is 35.5. The Hall–Kier alpha value is -3.26. The minimum absolute atomic E-state index is 0.108. The predicted octanol–water partition coefficient (Wildman–Crippen LogP) is 5.96. The van der Waals surface area contributed by atoms with Crippen molar-refractivity contribution in [1.82, 2.24) is 15.2 Å². The number of carbonyl (C=O) groups excluding carboxylic acids is 2. The highest BCUT2D eigenvalue weighted by Crippen LogP contribution is 2.33. The second-order valence-corrected chi connectivity index (χ2v) is 9.96. The van der Waals surface area contributed by atoms with Crippen LogP contribution >= 0.6 is 11.6 Å². The first-order valence-corrected chi connectivity index (χ1v) is 11.7. The van der Waals surface area contributed by atoms with Gasteiger partial charge < -0.3 is 15.0 Å². The summed E-state index contributed by atoms with van der Waals surface area (Å²) < 4.78 is 33.3. The van der Waals surface area contributed by atoms with Crippen LogP contribution in [0.3, 0.4) is 0 Å². The van der Waals surface area contributed by atoms with E-state index in [1.807, 2.05) is 20.8 Å². The number of fused-ring (bicyclic) bond motifs is 1. The molecule has 1 aromatic heterocycles. The van der Waals surface area contributed by atoms with Crippen LogP contribution in [-0.2, 0) is 4.74 Å². The van der Waals surface area contributed by atoms with Crippen LogP contribution in [0.15, 0.2) is 42.6 Å². The zero-order valence-corrected chi connectivity index (χ0v) is 20.5. The molecule has 0 aliphatic carbocycles. The second kappa shape index (κ2) is 9.77. The number of aromatic nitrogens is 1. The van der Waals surface area contributed by atoms with E-state index >= 15 is 0 Å². The van der Waals surface area contributed by atoms with Crippen molar-refractivity contribution in [2.45, 2.75) is 45.3 Å². The third kappa shape index (κ3) is 5.70. The van der Waals surface area contributed by atoms with E-state index in [1.165, 1.54) is 12.3 Å². The van der Waals surface area contributed by atoms with Gasteiger partial charge in [0.2, 0.25) is 0 Å². The molecule has 2 amide bonds. The second-order valence-electron chi connectivity index (χ2n) is 9.55. The number of likely N-dealkylation sites (tertiary alicyclic amines) is 1. The van der Waals surface area contributed by atoms with Crippen molar-refractivity contribution in [3.63, 3.8) is 0 Å². The van der Waals surface area contributed by atoms with Crippen LogP contribution in [-0.4, -0.2) is 46.6 Å². The Balaban J connectivity index is 1.52. The number of halogens is 3. The van der Waals surface area contributed by atoms with Gasteiger partial charge in [-0.1, -0.05) is 17.7 Å². The zero-order chi connectivity index (χ0) is 25.3. The Bertz CT molecular complexity index is 1280. The maximum absolute atomic E-state index is 14.5. The highest BCUT2D eigenvalue weighted by Gasteiger charge is 2.28. The van der Waals surface area contributed by atoms with Gasteiger partial charge in [-0.05, 0) is 57.9 Å². The molecule has 6 nitrogen and oxygen atoms in total. The number of amides is 2. The van der Waals surface area contributed by atoms with Gasteiger partial charge in [0.05, 0.1) is 10.7 Å². The molecule has 0 bridgehead atoms. The van der Waals surface area contributed by atoms with Crippen molar-refractivity contribution in [1.29, 1.82) is 0 Å². The molecule has 2 heterocycles. The van der Waals surface area contributed by atoms with E-state index in [0.29, 0.717) is 47.3 Å². The fourth-order valence-electron chi connectivity index (χ4n) is 4.05. The van der Waals surface area contributed by atoms with E-state index in [4.69, 9.17) is 16.3 Å². The van der Waals surface area contributed by atoms with Gasteiger partial charge in [-0.3, -0.25) is 9.78 Å². The summed E-state index contributed by atoms with van der Waals surface area (Å²) >= 11 is 6.29. The minimum Gasteiger partial charge on any atom is -0.444 e. The first-order valence-electron chi connectivity index (χ1n) is 11.3. The summed E-state index contributed by atoms with van der Waals surface area (Å²) in [5.74, 6) is -1.75. The summed E-state index contributed by atoms with van der Waals surface area (Å²) in [6.07, 6.45) is 2.23. The molecule has 1 saturated heterocycles. The maximum Gasteiger partial charge on any atom is 0.410 e. The summed E-state index contributed by atoms with van der Waals surface area (Å²) in [5.41, 5.74) is 0.174. The molecular formula is C26H26ClF2N3O3. The number of nitrogens with one attached hydrogen (secondary N) is 1. The molecule has 35 heavy (non-hydrogen) atoms. The van der Waals surface area contributed by atoms with Gasteiger partial charge in [0.25, 0.3) is 5.91 Å². The van der Waals surface area contributed by atoms with Crippen molar-refractivity contribution in [3.05, 3.63) is 64.8 Å². The predicted molar refractivity (Wildman–Crippen MR) is 130 cm³/mol. The first-order chi connectivity index (χ1) is 16.5. The van der Waals surface area contributed by atoms with Crippen molar-refractivity contribution < 1.29 is 23.1 Å². The number of hydrogen-bond donors (Lipinski definition) is 1. The molecule has 0 saturated carbocycles. The van der Waals surface area contributed by atoms with Crippen LogP contribution in [0.1, 0.15) is 44.0 Å². The van der Waals surface area contributed by atoms with Crippen LogP contribution in [0.25, 0.3) is 22.0 Å². The van der Waals surface area contributed by atoms with Crippen LogP contribution in [0, 0.1) is 11.6 Å². The van der Waals surface area contributed by atoms with E-state index in [0.717, 1.165) is 12.1 Å². The zero-order valence-electron chi connectivity index (χ0n) is 19.7. The molecule has 0 radical (unpaired) electrons. The lowest BCUT2D eigenvalue weighted by Crippen LogP contribution is -2.47. The summed E-state index contributed by atoms with van der Waals surface area (Å²) in [7, 11) is 0. The minimum atomic E-state index is -0.757. The summed E-state index contributed by atoms with van der Waals surface area (Å²) in [5, 5.41) is 4.44. The average Bonchev–Trinajstić information content (AvgIpc) is 2.79. The van der Waals surface area contributed by atoms with E-state index in [9.17, 15) is 18.4 Å². The van der Waals surface area contributed by atoms with Crippen molar-refractivity contribution >= 4 is 34.4 Å². The quantitative estimate of drug-likeness (QED) is 0.480. The Kier molecular flexibility index (Phi) is 6.94. The van der Waals surface area contributed by atoms with Crippen molar-refractivity contribution in [3.8, 4) is 11.3 Å². The number of ether oxygens (including phenoxy) is 1. The van der Waals surface area contributed by atoms with Crippen LogP contribution < -0.4 is 5.32 Å². The number of carbonyl (C=O) groups is 2. The fourth-order valence-corrected chi connectivity index (χ4v) is 4.26. The number of nitrogens with zero attached hydrogens (tertiary/aromatic N) is 2. The maximum atomic E-state index is 14.5. The molecule has 9 heteroatoms. The Morgan fingerprint density at radius 1 is 1.09 bits per heavy atom. The molecule has 1 aliphatic heterocycles. The van der Waals surface area contributed by atoms with Gasteiger partial charge in [0, 0.05) is 53.3 Å².